The van der Waals surface area contributed by atoms with Crippen molar-refractivity contribution in [1.82, 2.24) is 24.8 Å². The number of aromatic nitrogens is 4. The van der Waals surface area contributed by atoms with E-state index in [0.717, 1.165) is 47.0 Å². The summed E-state index contributed by atoms with van der Waals surface area (Å²) in [5.41, 5.74) is 2.71. The normalized spacial score (nSPS) is 17.4. The second kappa shape index (κ2) is 9.47. The van der Waals surface area contributed by atoms with Crippen LogP contribution in [0.25, 0.3) is 20.8 Å². The van der Waals surface area contributed by atoms with Crippen molar-refractivity contribution in [1.29, 1.82) is 0 Å². The van der Waals surface area contributed by atoms with Gasteiger partial charge in [0.2, 0.25) is 5.95 Å². The summed E-state index contributed by atoms with van der Waals surface area (Å²) in [5, 5.41) is 4.25. The summed E-state index contributed by atoms with van der Waals surface area (Å²) in [4.78, 5) is 24.1. The molecule has 0 amide bonds. The topological polar surface area (TPSA) is 70.1 Å². The minimum absolute atomic E-state index is 0.289. The Morgan fingerprint density at radius 3 is 2.60 bits per heavy atom. The maximum absolute atomic E-state index is 14.8. The molecule has 0 spiro atoms. The maximum atomic E-state index is 14.8. The molecule has 35 heavy (non-hydrogen) atoms. The fourth-order valence-electron chi connectivity index (χ4n) is 5.10. The molecule has 2 fully saturated rings. The van der Waals surface area contributed by atoms with Gasteiger partial charge >= 0.3 is 0 Å². The van der Waals surface area contributed by atoms with Gasteiger partial charge in [-0.15, -0.1) is 11.3 Å². The van der Waals surface area contributed by atoms with Gasteiger partial charge < -0.3 is 15.1 Å². The van der Waals surface area contributed by atoms with Gasteiger partial charge in [0.1, 0.15) is 16.3 Å². The molecule has 9 heteroatoms. The number of nitrogens with one attached hydrogen (secondary N) is 1. The Hall–Kier alpha value is -3.17. The van der Waals surface area contributed by atoms with E-state index in [1.807, 2.05) is 30.6 Å². The molecule has 0 radical (unpaired) electrons. The van der Waals surface area contributed by atoms with Crippen molar-refractivity contribution in [3.63, 3.8) is 0 Å². The van der Waals surface area contributed by atoms with Crippen LogP contribution in [0.2, 0.25) is 0 Å². The number of rotatable bonds is 5. The standard InChI is InChI=1S/C26H28FN7S/c1-33-10-12-34(13-11-33)18-6-7-23(29-15-18)31-26-30-16-21(27)24(32-26)22-14-20-19(17-4-2-3-5-17)8-9-28-25(20)35-22/h6-9,14-17H,2-5,10-13H2,1H3,(H,29,30,31,32). The van der Waals surface area contributed by atoms with Crippen molar-refractivity contribution in [2.45, 2.75) is 31.6 Å². The van der Waals surface area contributed by atoms with Crippen LogP contribution in [0.5, 0.6) is 0 Å². The van der Waals surface area contributed by atoms with Gasteiger partial charge in [-0.1, -0.05) is 12.8 Å². The molecule has 1 saturated heterocycles. The number of likely N-dealkylation sites (N-methyl/N-ethyl adjacent to an activating group) is 1. The number of fused-ring (bicyclic) bond motifs is 1. The summed E-state index contributed by atoms with van der Waals surface area (Å²) in [7, 11) is 2.14. The van der Waals surface area contributed by atoms with E-state index in [1.165, 1.54) is 48.8 Å². The number of pyridine rings is 2. The Labute approximate surface area is 208 Å². The molecule has 0 atom stereocenters. The van der Waals surface area contributed by atoms with E-state index in [4.69, 9.17) is 0 Å². The highest BCUT2D eigenvalue weighted by molar-refractivity contribution is 7.21. The number of halogens is 1. The Morgan fingerprint density at radius 1 is 1.00 bits per heavy atom. The lowest BCUT2D eigenvalue weighted by molar-refractivity contribution is 0.313. The summed E-state index contributed by atoms with van der Waals surface area (Å²) < 4.78 is 14.8. The van der Waals surface area contributed by atoms with Gasteiger partial charge in [0.15, 0.2) is 5.82 Å². The fourth-order valence-corrected chi connectivity index (χ4v) is 6.12. The summed E-state index contributed by atoms with van der Waals surface area (Å²) in [6.45, 7) is 4.06. The number of hydrogen-bond donors (Lipinski definition) is 1. The third-order valence-electron chi connectivity index (χ3n) is 7.10. The molecular weight excluding hydrogens is 461 g/mol. The zero-order chi connectivity index (χ0) is 23.8. The first-order valence-corrected chi connectivity index (χ1v) is 13.0. The lowest BCUT2D eigenvalue weighted by Crippen LogP contribution is -2.44. The van der Waals surface area contributed by atoms with Crippen LogP contribution in [0.4, 0.5) is 21.8 Å². The molecule has 1 saturated carbocycles. The number of piperazine rings is 1. The molecule has 0 aromatic carbocycles. The van der Waals surface area contributed by atoms with E-state index in [-0.39, 0.29) is 5.69 Å². The van der Waals surface area contributed by atoms with Gasteiger partial charge in [-0.2, -0.15) is 0 Å². The maximum Gasteiger partial charge on any atom is 0.229 e. The predicted molar refractivity (Wildman–Crippen MR) is 139 cm³/mol. The minimum Gasteiger partial charge on any atom is -0.368 e. The second-order valence-corrected chi connectivity index (χ2v) is 10.4. The van der Waals surface area contributed by atoms with Crippen LogP contribution in [0.3, 0.4) is 0 Å². The monoisotopic (exact) mass is 489 g/mol. The Balaban J connectivity index is 1.24. The van der Waals surface area contributed by atoms with Crippen molar-refractivity contribution in [2.75, 3.05) is 43.4 Å². The Bertz CT molecular complexity index is 1330. The summed E-state index contributed by atoms with van der Waals surface area (Å²) in [6, 6.07) is 8.12. The first-order valence-electron chi connectivity index (χ1n) is 12.2. The van der Waals surface area contributed by atoms with Crippen LogP contribution < -0.4 is 10.2 Å². The minimum atomic E-state index is -0.442. The third kappa shape index (κ3) is 4.58. The number of nitrogens with zero attached hydrogens (tertiary/aromatic N) is 6. The van der Waals surface area contributed by atoms with E-state index in [0.29, 0.717) is 17.7 Å². The molecule has 6 rings (SSSR count). The van der Waals surface area contributed by atoms with Gasteiger partial charge in [0.05, 0.1) is 23.0 Å². The van der Waals surface area contributed by atoms with E-state index >= 15 is 0 Å². The van der Waals surface area contributed by atoms with Crippen molar-refractivity contribution in [3.05, 3.63) is 54.2 Å². The van der Waals surface area contributed by atoms with E-state index < -0.39 is 5.82 Å². The van der Waals surface area contributed by atoms with E-state index in [9.17, 15) is 4.39 Å². The molecule has 5 heterocycles. The van der Waals surface area contributed by atoms with Crippen molar-refractivity contribution in [3.8, 4) is 10.6 Å². The summed E-state index contributed by atoms with van der Waals surface area (Å²) >= 11 is 1.48. The second-order valence-electron chi connectivity index (χ2n) is 9.42. The molecule has 4 aromatic rings. The average Bonchev–Trinajstić information content (AvgIpc) is 3.56. The summed E-state index contributed by atoms with van der Waals surface area (Å²) in [6.07, 6.45) is 9.91. The Kier molecular flexibility index (Phi) is 6.03. The molecule has 1 aliphatic heterocycles. The van der Waals surface area contributed by atoms with Crippen LogP contribution in [-0.4, -0.2) is 58.1 Å². The zero-order valence-electron chi connectivity index (χ0n) is 19.7. The highest BCUT2D eigenvalue weighted by Crippen LogP contribution is 2.41. The third-order valence-corrected chi connectivity index (χ3v) is 8.15. The van der Waals surface area contributed by atoms with Crippen LogP contribution in [0.15, 0.2) is 42.9 Å². The molecule has 7 nitrogen and oxygen atoms in total. The highest BCUT2D eigenvalue weighted by atomic mass is 32.1. The molecule has 1 aliphatic carbocycles. The number of thiophene rings is 1. The van der Waals surface area contributed by atoms with Gasteiger partial charge in [0, 0.05) is 37.8 Å². The average molecular weight is 490 g/mol. The van der Waals surface area contributed by atoms with Crippen LogP contribution in [0.1, 0.15) is 37.2 Å². The van der Waals surface area contributed by atoms with Crippen molar-refractivity contribution in [2.24, 2.45) is 0 Å². The molecule has 1 N–H and O–H groups in total. The predicted octanol–water partition coefficient (Wildman–Crippen LogP) is 5.44. The summed E-state index contributed by atoms with van der Waals surface area (Å²) in [5.74, 6) is 1.07. The zero-order valence-corrected chi connectivity index (χ0v) is 20.6. The van der Waals surface area contributed by atoms with Gasteiger partial charge in [-0.25, -0.2) is 24.3 Å². The molecular formula is C26H28FN7S. The first kappa shape index (κ1) is 22.3. The number of hydrogen-bond acceptors (Lipinski definition) is 8. The van der Waals surface area contributed by atoms with Crippen LogP contribution in [0, 0.1) is 5.82 Å². The quantitative estimate of drug-likeness (QED) is 0.400. The Morgan fingerprint density at radius 2 is 1.83 bits per heavy atom. The van der Waals surface area contributed by atoms with Crippen molar-refractivity contribution >= 4 is 39.0 Å². The van der Waals surface area contributed by atoms with E-state index in [2.05, 4.69) is 48.2 Å². The lowest BCUT2D eigenvalue weighted by Gasteiger charge is -2.33. The van der Waals surface area contributed by atoms with Crippen LogP contribution >= 0.6 is 11.3 Å². The smallest absolute Gasteiger partial charge is 0.229 e. The molecule has 0 unspecified atom stereocenters. The van der Waals surface area contributed by atoms with Gasteiger partial charge in [-0.3, -0.25) is 0 Å². The van der Waals surface area contributed by atoms with E-state index in [1.54, 1.807) is 0 Å². The van der Waals surface area contributed by atoms with Crippen LogP contribution in [-0.2, 0) is 0 Å². The molecule has 0 bridgehead atoms. The number of anilines is 3. The van der Waals surface area contributed by atoms with Crippen molar-refractivity contribution < 1.29 is 4.39 Å². The molecule has 180 valence electrons. The SMILES string of the molecule is CN1CCN(c2ccc(Nc3ncc(F)c(-c4cc5c(C6CCCC6)ccnc5s4)n3)nc2)CC1. The lowest BCUT2D eigenvalue weighted by atomic mass is 9.96. The molecule has 2 aliphatic rings. The fraction of sp³-hybridized carbons (Fsp3) is 0.385. The van der Waals surface area contributed by atoms with Gasteiger partial charge in [0.25, 0.3) is 0 Å². The highest BCUT2D eigenvalue weighted by Gasteiger charge is 2.22. The van der Waals surface area contributed by atoms with Gasteiger partial charge in [-0.05, 0) is 55.6 Å². The first-order chi connectivity index (χ1) is 17.1. The largest absolute Gasteiger partial charge is 0.368 e. The molecule has 4 aromatic heterocycles.